The molecule has 0 saturated carbocycles. The van der Waals surface area contributed by atoms with E-state index in [1.165, 1.54) is 0 Å². The van der Waals surface area contributed by atoms with E-state index in [2.05, 4.69) is 10.6 Å². The quantitative estimate of drug-likeness (QED) is 0.528. The summed E-state index contributed by atoms with van der Waals surface area (Å²) in [4.78, 5) is 22.6. The fraction of sp³-hybridized carbons (Fsp3) is 0.846. The standard InChI is InChI=1S/C13H26N2O4/c1-4-8-19-9-6-7-14-13(18)15-11(12(16)17)10(3)5-2/h10-11H,4-9H2,1-3H3,(H,16,17)(H2,14,15,18). The fourth-order valence-corrected chi connectivity index (χ4v) is 1.50. The predicted octanol–water partition coefficient (Wildman–Crippen LogP) is 1.60. The average molecular weight is 274 g/mol. The van der Waals surface area contributed by atoms with E-state index in [-0.39, 0.29) is 5.92 Å². The lowest BCUT2D eigenvalue weighted by Crippen LogP contribution is -2.49. The Labute approximate surface area is 114 Å². The number of carboxylic acids is 1. The summed E-state index contributed by atoms with van der Waals surface area (Å²) in [6.07, 6.45) is 2.39. The number of nitrogens with one attached hydrogen (secondary N) is 2. The third-order valence-corrected chi connectivity index (χ3v) is 2.87. The minimum Gasteiger partial charge on any atom is -0.480 e. The number of hydrogen-bond donors (Lipinski definition) is 3. The topological polar surface area (TPSA) is 87.7 Å². The van der Waals surface area contributed by atoms with Crippen molar-refractivity contribution in [3.63, 3.8) is 0 Å². The van der Waals surface area contributed by atoms with Crippen LogP contribution in [0.4, 0.5) is 4.79 Å². The van der Waals surface area contributed by atoms with Gasteiger partial charge in [-0.05, 0) is 18.8 Å². The number of carbonyl (C=O) groups excluding carboxylic acids is 1. The zero-order chi connectivity index (χ0) is 14.7. The van der Waals surface area contributed by atoms with E-state index in [0.717, 1.165) is 13.0 Å². The molecule has 0 saturated heterocycles. The van der Waals surface area contributed by atoms with Crippen molar-refractivity contribution in [2.24, 2.45) is 5.92 Å². The van der Waals surface area contributed by atoms with Crippen molar-refractivity contribution < 1.29 is 19.4 Å². The Bertz CT molecular complexity index is 271. The summed E-state index contributed by atoms with van der Waals surface area (Å²) < 4.78 is 5.27. The van der Waals surface area contributed by atoms with Crippen LogP contribution in [-0.2, 0) is 9.53 Å². The fourth-order valence-electron chi connectivity index (χ4n) is 1.50. The maximum absolute atomic E-state index is 11.5. The molecular weight excluding hydrogens is 248 g/mol. The van der Waals surface area contributed by atoms with Gasteiger partial charge in [0.15, 0.2) is 0 Å². The normalized spacial score (nSPS) is 13.6. The van der Waals surface area contributed by atoms with Crippen LogP contribution in [0.3, 0.4) is 0 Å². The van der Waals surface area contributed by atoms with Crippen LogP contribution in [0.2, 0.25) is 0 Å². The van der Waals surface area contributed by atoms with Crippen LogP contribution >= 0.6 is 0 Å². The average Bonchev–Trinajstić information content (AvgIpc) is 2.38. The molecule has 0 aliphatic carbocycles. The molecule has 0 aliphatic rings. The van der Waals surface area contributed by atoms with Crippen LogP contribution in [0.25, 0.3) is 0 Å². The van der Waals surface area contributed by atoms with Crippen LogP contribution < -0.4 is 10.6 Å². The molecule has 0 aromatic carbocycles. The van der Waals surface area contributed by atoms with E-state index >= 15 is 0 Å². The highest BCUT2D eigenvalue weighted by atomic mass is 16.5. The van der Waals surface area contributed by atoms with Gasteiger partial charge in [0.05, 0.1) is 0 Å². The van der Waals surface area contributed by atoms with Crippen molar-refractivity contribution in [2.75, 3.05) is 19.8 Å². The molecule has 0 aliphatic heterocycles. The lowest BCUT2D eigenvalue weighted by molar-refractivity contribution is -0.140. The molecular formula is C13H26N2O4. The summed E-state index contributed by atoms with van der Waals surface area (Å²) in [6.45, 7) is 7.53. The lowest BCUT2D eigenvalue weighted by Gasteiger charge is -2.20. The van der Waals surface area contributed by atoms with Crippen molar-refractivity contribution in [2.45, 2.75) is 46.1 Å². The van der Waals surface area contributed by atoms with Gasteiger partial charge in [0.25, 0.3) is 0 Å². The first-order valence-corrected chi connectivity index (χ1v) is 6.87. The lowest BCUT2D eigenvalue weighted by atomic mass is 9.99. The molecule has 0 spiro atoms. The first-order chi connectivity index (χ1) is 9.02. The van der Waals surface area contributed by atoms with Crippen LogP contribution in [0.5, 0.6) is 0 Å². The Morgan fingerprint density at radius 3 is 2.47 bits per heavy atom. The Hall–Kier alpha value is -1.30. The Kier molecular flexibility index (Phi) is 9.88. The van der Waals surface area contributed by atoms with Gasteiger partial charge in [0, 0.05) is 19.8 Å². The molecule has 0 aromatic heterocycles. The Morgan fingerprint density at radius 1 is 1.26 bits per heavy atom. The first kappa shape index (κ1) is 17.7. The van der Waals surface area contributed by atoms with E-state index < -0.39 is 18.0 Å². The van der Waals surface area contributed by atoms with Crippen molar-refractivity contribution in [1.82, 2.24) is 10.6 Å². The highest BCUT2D eigenvalue weighted by Crippen LogP contribution is 2.07. The van der Waals surface area contributed by atoms with Gasteiger partial charge in [0.2, 0.25) is 0 Å². The Morgan fingerprint density at radius 2 is 1.95 bits per heavy atom. The molecule has 2 amide bonds. The minimum atomic E-state index is -1.00. The van der Waals surface area contributed by atoms with Gasteiger partial charge in [0.1, 0.15) is 6.04 Å². The second-order valence-corrected chi connectivity index (χ2v) is 4.57. The summed E-state index contributed by atoms with van der Waals surface area (Å²) in [5.74, 6) is -1.10. The number of carbonyl (C=O) groups is 2. The number of urea groups is 1. The van der Waals surface area contributed by atoms with Crippen molar-refractivity contribution in [1.29, 1.82) is 0 Å². The predicted molar refractivity (Wildman–Crippen MR) is 73.1 cm³/mol. The zero-order valence-corrected chi connectivity index (χ0v) is 12.1. The number of carboxylic acid groups (broad SMARTS) is 1. The molecule has 0 radical (unpaired) electrons. The van der Waals surface area contributed by atoms with Crippen molar-refractivity contribution >= 4 is 12.0 Å². The molecule has 0 aromatic rings. The van der Waals surface area contributed by atoms with Crippen LogP contribution in [0, 0.1) is 5.92 Å². The van der Waals surface area contributed by atoms with Crippen molar-refractivity contribution in [3.8, 4) is 0 Å². The molecule has 2 atom stereocenters. The van der Waals surface area contributed by atoms with Gasteiger partial charge in [-0.3, -0.25) is 0 Å². The molecule has 3 N–H and O–H groups in total. The smallest absolute Gasteiger partial charge is 0.326 e. The maximum Gasteiger partial charge on any atom is 0.326 e. The van der Waals surface area contributed by atoms with E-state index in [9.17, 15) is 9.59 Å². The third-order valence-electron chi connectivity index (χ3n) is 2.87. The Balaban J connectivity index is 3.85. The molecule has 6 nitrogen and oxygen atoms in total. The van der Waals surface area contributed by atoms with Gasteiger partial charge in [-0.15, -0.1) is 0 Å². The molecule has 2 unspecified atom stereocenters. The monoisotopic (exact) mass is 274 g/mol. The highest BCUT2D eigenvalue weighted by molar-refractivity contribution is 5.82. The van der Waals surface area contributed by atoms with Gasteiger partial charge in [-0.1, -0.05) is 27.2 Å². The number of rotatable bonds is 10. The van der Waals surface area contributed by atoms with E-state index in [0.29, 0.717) is 26.0 Å². The molecule has 112 valence electrons. The molecule has 19 heavy (non-hydrogen) atoms. The SMILES string of the molecule is CCCOCCCNC(=O)NC(C(=O)O)C(C)CC. The van der Waals surface area contributed by atoms with Crippen LogP contribution in [-0.4, -0.2) is 42.9 Å². The molecule has 0 heterocycles. The summed E-state index contributed by atoms with van der Waals surface area (Å²) in [7, 11) is 0. The second kappa shape index (κ2) is 10.6. The second-order valence-electron chi connectivity index (χ2n) is 4.57. The zero-order valence-electron chi connectivity index (χ0n) is 12.1. The number of amides is 2. The summed E-state index contributed by atoms with van der Waals surface area (Å²) in [5, 5.41) is 14.1. The maximum atomic E-state index is 11.5. The minimum absolute atomic E-state index is 0.101. The summed E-state index contributed by atoms with van der Waals surface area (Å²) in [6, 6.07) is -1.29. The van der Waals surface area contributed by atoms with Gasteiger partial charge < -0.3 is 20.5 Å². The molecule has 0 bridgehead atoms. The van der Waals surface area contributed by atoms with E-state index in [4.69, 9.17) is 9.84 Å². The van der Waals surface area contributed by atoms with Gasteiger partial charge in [-0.25, -0.2) is 9.59 Å². The highest BCUT2D eigenvalue weighted by Gasteiger charge is 2.24. The van der Waals surface area contributed by atoms with E-state index in [1.54, 1.807) is 6.92 Å². The summed E-state index contributed by atoms with van der Waals surface area (Å²) in [5.41, 5.74) is 0. The third kappa shape index (κ3) is 8.42. The molecule has 6 heteroatoms. The van der Waals surface area contributed by atoms with Gasteiger partial charge in [-0.2, -0.15) is 0 Å². The molecule has 0 rings (SSSR count). The summed E-state index contributed by atoms with van der Waals surface area (Å²) >= 11 is 0. The number of aliphatic carboxylic acids is 1. The van der Waals surface area contributed by atoms with E-state index in [1.807, 2.05) is 13.8 Å². The molecule has 0 fully saturated rings. The van der Waals surface area contributed by atoms with Crippen LogP contribution in [0.1, 0.15) is 40.0 Å². The first-order valence-electron chi connectivity index (χ1n) is 6.87. The van der Waals surface area contributed by atoms with Crippen molar-refractivity contribution in [3.05, 3.63) is 0 Å². The van der Waals surface area contributed by atoms with Crippen LogP contribution in [0.15, 0.2) is 0 Å². The van der Waals surface area contributed by atoms with Gasteiger partial charge >= 0.3 is 12.0 Å². The largest absolute Gasteiger partial charge is 0.480 e. The number of hydrogen-bond acceptors (Lipinski definition) is 3. The number of ether oxygens (including phenoxy) is 1.